The van der Waals surface area contributed by atoms with Gasteiger partial charge in [-0.3, -0.25) is 9.69 Å². The van der Waals surface area contributed by atoms with Crippen LogP contribution in [0.5, 0.6) is 0 Å². The smallest absolute Gasteiger partial charge is 0.239 e. The molecule has 0 aliphatic heterocycles. The van der Waals surface area contributed by atoms with Crippen LogP contribution in [0.1, 0.15) is 6.92 Å². The summed E-state index contributed by atoms with van der Waals surface area (Å²) in [6.07, 6.45) is 0. The highest BCUT2D eigenvalue weighted by Crippen LogP contribution is 1.98. The molecule has 2 N–H and O–H groups in total. The van der Waals surface area contributed by atoms with E-state index in [9.17, 15) is 4.79 Å². The second kappa shape index (κ2) is 5.14. The quantitative estimate of drug-likeness (QED) is 0.636. The number of carbonyl (C=O) groups excluding carboxylic acids is 1. The van der Waals surface area contributed by atoms with Gasteiger partial charge in [0.1, 0.15) is 0 Å². The van der Waals surface area contributed by atoms with E-state index in [0.29, 0.717) is 11.5 Å². The first-order valence-electron chi connectivity index (χ1n) is 4.06. The SMILES string of the molecule is CC(C(=O)N(C)C)N(C)CC(N)=S. The molecule has 0 aliphatic carbocycles. The van der Waals surface area contributed by atoms with Gasteiger partial charge in [0, 0.05) is 20.6 Å². The highest BCUT2D eigenvalue weighted by Gasteiger charge is 2.19. The van der Waals surface area contributed by atoms with Crippen molar-refractivity contribution in [2.75, 3.05) is 27.7 Å². The van der Waals surface area contributed by atoms with E-state index in [4.69, 9.17) is 18.0 Å². The third-order valence-electron chi connectivity index (χ3n) is 1.86. The van der Waals surface area contributed by atoms with Gasteiger partial charge in [0.25, 0.3) is 0 Å². The Bertz CT molecular complexity index is 206. The summed E-state index contributed by atoms with van der Waals surface area (Å²) in [5.41, 5.74) is 5.37. The monoisotopic (exact) mass is 203 g/mol. The molecule has 1 atom stereocenters. The van der Waals surface area contributed by atoms with Crippen molar-refractivity contribution in [3.8, 4) is 0 Å². The molecule has 13 heavy (non-hydrogen) atoms. The lowest BCUT2D eigenvalue weighted by atomic mass is 10.2. The van der Waals surface area contributed by atoms with Crippen molar-refractivity contribution in [2.45, 2.75) is 13.0 Å². The Hall–Kier alpha value is -0.680. The normalized spacial score (nSPS) is 12.7. The van der Waals surface area contributed by atoms with Crippen LogP contribution in [-0.2, 0) is 4.79 Å². The molecular weight excluding hydrogens is 186 g/mol. The molecule has 0 aliphatic rings. The molecule has 76 valence electrons. The van der Waals surface area contributed by atoms with Crippen molar-refractivity contribution in [3.05, 3.63) is 0 Å². The molecule has 4 nitrogen and oxygen atoms in total. The molecule has 0 bridgehead atoms. The van der Waals surface area contributed by atoms with Gasteiger partial charge in [-0.15, -0.1) is 0 Å². The zero-order valence-electron chi connectivity index (χ0n) is 8.57. The average molecular weight is 203 g/mol. The Morgan fingerprint density at radius 1 is 1.46 bits per heavy atom. The van der Waals surface area contributed by atoms with Crippen molar-refractivity contribution in [2.24, 2.45) is 5.73 Å². The van der Waals surface area contributed by atoms with Gasteiger partial charge >= 0.3 is 0 Å². The van der Waals surface area contributed by atoms with E-state index >= 15 is 0 Å². The van der Waals surface area contributed by atoms with Gasteiger partial charge in [0.2, 0.25) is 5.91 Å². The topological polar surface area (TPSA) is 49.6 Å². The number of hydrogen-bond acceptors (Lipinski definition) is 3. The van der Waals surface area contributed by atoms with E-state index in [-0.39, 0.29) is 11.9 Å². The van der Waals surface area contributed by atoms with Gasteiger partial charge in [-0.25, -0.2) is 0 Å². The minimum Gasteiger partial charge on any atom is -0.392 e. The molecule has 0 saturated heterocycles. The number of nitrogens with two attached hydrogens (primary N) is 1. The molecule has 0 aromatic heterocycles. The van der Waals surface area contributed by atoms with E-state index in [0.717, 1.165) is 0 Å². The molecule has 0 aromatic rings. The van der Waals surface area contributed by atoms with Crippen LogP contribution < -0.4 is 5.73 Å². The maximum atomic E-state index is 11.5. The first-order valence-corrected chi connectivity index (χ1v) is 4.46. The number of amides is 1. The summed E-state index contributed by atoms with van der Waals surface area (Å²) in [4.78, 5) is 15.2. The highest BCUT2D eigenvalue weighted by molar-refractivity contribution is 7.80. The van der Waals surface area contributed by atoms with Crippen LogP contribution in [0.4, 0.5) is 0 Å². The molecule has 0 heterocycles. The first-order chi connectivity index (χ1) is 5.86. The summed E-state index contributed by atoms with van der Waals surface area (Å²) in [6.45, 7) is 2.30. The van der Waals surface area contributed by atoms with Crippen LogP contribution in [0.3, 0.4) is 0 Å². The van der Waals surface area contributed by atoms with Crippen molar-refractivity contribution in [1.82, 2.24) is 9.80 Å². The van der Waals surface area contributed by atoms with Crippen molar-refractivity contribution < 1.29 is 4.79 Å². The highest BCUT2D eigenvalue weighted by atomic mass is 32.1. The maximum absolute atomic E-state index is 11.5. The van der Waals surface area contributed by atoms with E-state index < -0.39 is 0 Å². The number of nitrogens with zero attached hydrogens (tertiary/aromatic N) is 2. The number of hydrogen-bond donors (Lipinski definition) is 1. The second-order valence-corrected chi connectivity index (χ2v) is 3.81. The van der Waals surface area contributed by atoms with E-state index in [1.165, 1.54) is 0 Å². The van der Waals surface area contributed by atoms with Crippen LogP contribution in [0, 0.1) is 0 Å². The van der Waals surface area contributed by atoms with Gasteiger partial charge in [0.05, 0.1) is 11.0 Å². The maximum Gasteiger partial charge on any atom is 0.239 e. The fraction of sp³-hybridized carbons (Fsp3) is 0.750. The third-order valence-corrected chi connectivity index (χ3v) is 1.99. The minimum absolute atomic E-state index is 0.0544. The predicted octanol–water partition coefficient (Wildman–Crippen LogP) is -0.319. The number of rotatable bonds is 4. The Balaban J connectivity index is 4.17. The predicted molar refractivity (Wildman–Crippen MR) is 57.6 cm³/mol. The van der Waals surface area contributed by atoms with Crippen LogP contribution in [0.15, 0.2) is 0 Å². The molecule has 0 rings (SSSR count). The summed E-state index contributed by atoms with van der Waals surface area (Å²) in [7, 11) is 5.28. The van der Waals surface area contributed by atoms with Gasteiger partial charge in [0.15, 0.2) is 0 Å². The van der Waals surface area contributed by atoms with Gasteiger partial charge in [-0.1, -0.05) is 12.2 Å². The summed E-state index contributed by atoms with van der Waals surface area (Å²) in [5, 5.41) is 0. The van der Waals surface area contributed by atoms with Crippen molar-refractivity contribution >= 4 is 23.1 Å². The van der Waals surface area contributed by atoms with E-state index in [1.54, 1.807) is 19.0 Å². The number of carbonyl (C=O) groups is 1. The molecule has 0 fully saturated rings. The van der Waals surface area contributed by atoms with Crippen LogP contribution in [0.2, 0.25) is 0 Å². The van der Waals surface area contributed by atoms with E-state index in [2.05, 4.69) is 0 Å². The molecule has 5 heteroatoms. The lowest BCUT2D eigenvalue weighted by Gasteiger charge is -2.25. The fourth-order valence-electron chi connectivity index (χ4n) is 0.945. The molecule has 0 saturated carbocycles. The summed E-state index contributed by atoms with van der Waals surface area (Å²) >= 11 is 4.75. The summed E-state index contributed by atoms with van der Waals surface area (Å²) < 4.78 is 0. The van der Waals surface area contributed by atoms with E-state index in [1.807, 2.05) is 18.9 Å². The Kier molecular flexibility index (Phi) is 4.87. The zero-order chi connectivity index (χ0) is 10.6. The average Bonchev–Trinajstić information content (AvgIpc) is 2.00. The van der Waals surface area contributed by atoms with Crippen LogP contribution in [0.25, 0.3) is 0 Å². The Morgan fingerprint density at radius 3 is 2.23 bits per heavy atom. The largest absolute Gasteiger partial charge is 0.392 e. The molecular formula is C8H17N3OS. The molecule has 1 amide bonds. The Labute approximate surface area is 84.7 Å². The Morgan fingerprint density at radius 2 is 1.92 bits per heavy atom. The lowest BCUT2D eigenvalue weighted by Crippen LogP contribution is -2.45. The van der Waals surface area contributed by atoms with Crippen LogP contribution >= 0.6 is 12.2 Å². The van der Waals surface area contributed by atoms with Crippen molar-refractivity contribution in [3.63, 3.8) is 0 Å². The summed E-state index contributed by atoms with van der Waals surface area (Å²) in [5.74, 6) is 0.0544. The van der Waals surface area contributed by atoms with Crippen molar-refractivity contribution in [1.29, 1.82) is 0 Å². The van der Waals surface area contributed by atoms with Gasteiger partial charge in [-0.2, -0.15) is 0 Å². The molecule has 0 aromatic carbocycles. The first kappa shape index (κ1) is 12.3. The standard InChI is InChI=1S/C8H17N3OS/c1-6(8(12)10(2)3)11(4)5-7(9)13/h6H,5H2,1-4H3,(H2,9,13). The fourth-order valence-corrected chi connectivity index (χ4v) is 1.15. The summed E-state index contributed by atoms with van der Waals surface area (Å²) in [6, 6.07) is -0.184. The van der Waals surface area contributed by atoms with Gasteiger partial charge in [-0.05, 0) is 14.0 Å². The number of thiocarbonyl (C=S) groups is 1. The third kappa shape index (κ3) is 4.19. The number of likely N-dealkylation sites (N-methyl/N-ethyl adjacent to an activating group) is 2. The molecule has 0 radical (unpaired) electrons. The lowest BCUT2D eigenvalue weighted by molar-refractivity contribution is -0.133. The molecule has 1 unspecified atom stereocenters. The minimum atomic E-state index is -0.184. The van der Waals surface area contributed by atoms with Crippen LogP contribution in [-0.4, -0.2) is 54.4 Å². The zero-order valence-corrected chi connectivity index (χ0v) is 9.39. The van der Waals surface area contributed by atoms with Gasteiger partial charge < -0.3 is 10.6 Å². The molecule has 0 spiro atoms. The second-order valence-electron chi connectivity index (χ2n) is 3.29.